The molecule has 7 heteroatoms. The molecule has 0 fully saturated rings. The summed E-state index contributed by atoms with van der Waals surface area (Å²) in [6.07, 6.45) is -1.32. The van der Waals surface area contributed by atoms with Crippen LogP contribution in [-0.2, 0) is 11.0 Å². The molecule has 1 heterocycles. The van der Waals surface area contributed by atoms with Crippen LogP contribution in [0.15, 0.2) is 24.4 Å². The number of pyridine rings is 1. The van der Waals surface area contributed by atoms with Crippen molar-refractivity contribution in [2.24, 2.45) is 0 Å². The molecule has 0 saturated carbocycles. The number of halogens is 3. The number of nitrogens with zero attached hydrogens (tertiary/aromatic N) is 1. The highest BCUT2D eigenvalue weighted by Gasteiger charge is 2.31. The second kappa shape index (κ2) is 4.75. The van der Waals surface area contributed by atoms with Gasteiger partial charge in [0.05, 0.1) is 0 Å². The molecule has 0 aromatic carbocycles. The largest absolute Gasteiger partial charge is 0.433 e. The summed E-state index contributed by atoms with van der Waals surface area (Å²) in [5.41, 5.74) is 0.658. The van der Waals surface area contributed by atoms with E-state index >= 15 is 0 Å². The first kappa shape index (κ1) is 12.2. The Hall–Kier alpha value is -1.89. The maximum absolute atomic E-state index is 12.1. The van der Waals surface area contributed by atoms with Crippen molar-refractivity contribution in [2.45, 2.75) is 6.18 Å². The first-order chi connectivity index (χ1) is 7.43. The Labute approximate surface area is 88.4 Å². The first-order valence-electron chi connectivity index (χ1n) is 4.09. The molecule has 0 aliphatic heterocycles. The molecule has 0 aliphatic rings. The molecule has 4 nitrogen and oxygen atoms in total. The lowest BCUT2D eigenvalue weighted by atomic mass is 10.2. The van der Waals surface area contributed by atoms with E-state index in [0.29, 0.717) is 5.56 Å². The van der Waals surface area contributed by atoms with Crippen molar-refractivity contribution in [2.75, 3.05) is 0 Å². The van der Waals surface area contributed by atoms with Crippen LogP contribution in [0.4, 0.5) is 13.2 Å². The maximum Gasteiger partial charge on any atom is 0.433 e. The van der Waals surface area contributed by atoms with Gasteiger partial charge in [0.2, 0.25) is 0 Å². The van der Waals surface area contributed by atoms with E-state index in [9.17, 15) is 18.0 Å². The zero-order chi connectivity index (χ0) is 12.2. The van der Waals surface area contributed by atoms with Crippen LogP contribution in [-0.4, -0.2) is 16.1 Å². The molecule has 0 saturated heterocycles. The van der Waals surface area contributed by atoms with Crippen LogP contribution in [0.1, 0.15) is 11.3 Å². The smallest absolute Gasteiger partial charge is 0.288 e. The number of hydrogen-bond acceptors (Lipinski definition) is 3. The van der Waals surface area contributed by atoms with Gasteiger partial charge in [-0.15, -0.1) is 0 Å². The zero-order valence-electron chi connectivity index (χ0n) is 7.82. The van der Waals surface area contributed by atoms with E-state index in [-0.39, 0.29) is 0 Å². The van der Waals surface area contributed by atoms with E-state index in [2.05, 4.69) is 4.98 Å². The van der Waals surface area contributed by atoms with Gasteiger partial charge in [-0.05, 0) is 17.7 Å². The van der Waals surface area contributed by atoms with Gasteiger partial charge in [-0.3, -0.25) is 15.0 Å². The molecule has 0 bridgehead atoms. The van der Waals surface area contributed by atoms with Crippen molar-refractivity contribution < 1.29 is 23.2 Å². The third kappa shape index (κ3) is 3.35. The zero-order valence-corrected chi connectivity index (χ0v) is 7.82. The highest BCUT2D eigenvalue weighted by Crippen LogP contribution is 2.27. The fourth-order valence-corrected chi connectivity index (χ4v) is 0.881. The third-order valence-electron chi connectivity index (χ3n) is 1.61. The number of hydroxylamine groups is 1. The van der Waals surface area contributed by atoms with Gasteiger partial charge in [0.15, 0.2) is 0 Å². The molecule has 0 aliphatic carbocycles. The number of rotatable bonds is 2. The van der Waals surface area contributed by atoms with E-state index in [4.69, 9.17) is 5.21 Å². The SMILES string of the molecule is O=C(/C=C/c1ccc(C(F)(F)F)nc1)NO. The quantitative estimate of drug-likeness (QED) is 0.462. The summed E-state index contributed by atoms with van der Waals surface area (Å²) < 4.78 is 36.3. The Morgan fingerprint density at radius 3 is 2.56 bits per heavy atom. The normalized spacial score (nSPS) is 11.8. The molecule has 0 radical (unpaired) electrons. The summed E-state index contributed by atoms with van der Waals surface area (Å²) in [4.78, 5) is 13.7. The van der Waals surface area contributed by atoms with Crippen LogP contribution in [0.25, 0.3) is 6.08 Å². The van der Waals surface area contributed by atoms with Crippen molar-refractivity contribution in [1.29, 1.82) is 0 Å². The monoisotopic (exact) mass is 232 g/mol. The number of amides is 1. The minimum Gasteiger partial charge on any atom is -0.288 e. The Kier molecular flexibility index (Phi) is 3.62. The van der Waals surface area contributed by atoms with Crippen molar-refractivity contribution in [3.63, 3.8) is 0 Å². The van der Waals surface area contributed by atoms with Crippen molar-refractivity contribution in [3.05, 3.63) is 35.7 Å². The van der Waals surface area contributed by atoms with Gasteiger partial charge in [0.25, 0.3) is 5.91 Å². The number of carbonyl (C=O) groups is 1. The van der Waals surface area contributed by atoms with Crippen molar-refractivity contribution in [3.8, 4) is 0 Å². The highest BCUT2D eigenvalue weighted by molar-refractivity contribution is 5.90. The summed E-state index contributed by atoms with van der Waals surface area (Å²) >= 11 is 0. The highest BCUT2D eigenvalue weighted by atomic mass is 19.4. The molecular weight excluding hydrogens is 225 g/mol. The van der Waals surface area contributed by atoms with Gasteiger partial charge in [0.1, 0.15) is 5.69 Å². The van der Waals surface area contributed by atoms with Crippen LogP contribution in [0, 0.1) is 0 Å². The van der Waals surface area contributed by atoms with Crippen molar-refractivity contribution >= 4 is 12.0 Å². The molecule has 86 valence electrons. The first-order valence-corrected chi connectivity index (χ1v) is 4.09. The Bertz CT molecular complexity index is 398. The summed E-state index contributed by atoms with van der Waals surface area (Å²) in [7, 11) is 0. The standard InChI is InChI=1S/C9H7F3N2O2/c10-9(11,12)7-3-1-6(5-13-7)2-4-8(15)14-16/h1-5,16H,(H,14,15)/b4-2+. The van der Waals surface area contributed by atoms with Crippen LogP contribution < -0.4 is 5.48 Å². The molecule has 1 amide bonds. The molecule has 2 N–H and O–H groups in total. The molecular formula is C9H7F3N2O2. The average Bonchev–Trinajstić information content (AvgIpc) is 2.25. The van der Waals surface area contributed by atoms with E-state index in [1.165, 1.54) is 11.6 Å². The predicted molar refractivity (Wildman–Crippen MR) is 48.2 cm³/mol. The second-order valence-corrected chi connectivity index (χ2v) is 2.78. The Balaban J connectivity index is 2.80. The lowest BCUT2D eigenvalue weighted by Gasteiger charge is -2.04. The molecule has 0 atom stereocenters. The summed E-state index contributed by atoms with van der Waals surface area (Å²) in [6, 6.07) is 1.97. The second-order valence-electron chi connectivity index (χ2n) is 2.78. The lowest BCUT2D eigenvalue weighted by Crippen LogP contribution is -2.14. The number of nitrogens with one attached hydrogen (secondary N) is 1. The summed E-state index contributed by atoms with van der Waals surface area (Å²) in [5.74, 6) is -0.778. The van der Waals surface area contributed by atoms with Crippen LogP contribution >= 0.6 is 0 Å². The van der Waals surface area contributed by atoms with Gasteiger partial charge >= 0.3 is 6.18 Å². The fraction of sp³-hybridized carbons (Fsp3) is 0.111. The van der Waals surface area contributed by atoms with Crippen LogP contribution in [0.3, 0.4) is 0 Å². The van der Waals surface area contributed by atoms with Gasteiger partial charge < -0.3 is 0 Å². The van der Waals surface area contributed by atoms with Crippen molar-refractivity contribution in [1.82, 2.24) is 10.5 Å². The van der Waals surface area contributed by atoms with Crippen LogP contribution in [0.2, 0.25) is 0 Å². The number of hydrogen-bond donors (Lipinski definition) is 2. The van der Waals surface area contributed by atoms with Crippen LogP contribution in [0.5, 0.6) is 0 Å². The number of carbonyl (C=O) groups excluding carboxylic acids is 1. The van der Waals surface area contributed by atoms with Gasteiger partial charge in [-0.25, -0.2) is 5.48 Å². The topological polar surface area (TPSA) is 62.2 Å². The van der Waals surface area contributed by atoms with E-state index in [0.717, 1.165) is 24.4 Å². The van der Waals surface area contributed by atoms with Gasteiger partial charge in [-0.2, -0.15) is 13.2 Å². The third-order valence-corrected chi connectivity index (χ3v) is 1.61. The summed E-state index contributed by atoms with van der Waals surface area (Å²) in [6.45, 7) is 0. The molecule has 1 rings (SSSR count). The Morgan fingerprint density at radius 1 is 1.44 bits per heavy atom. The van der Waals surface area contributed by atoms with E-state index in [1.807, 2.05) is 0 Å². The number of aromatic nitrogens is 1. The number of alkyl halides is 3. The molecule has 0 spiro atoms. The van der Waals surface area contributed by atoms with E-state index in [1.54, 1.807) is 0 Å². The predicted octanol–water partition coefficient (Wildman–Crippen LogP) is 1.62. The molecule has 1 aromatic rings. The fourth-order valence-electron chi connectivity index (χ4n) is 0.881. The van der Waals surface area contributed by atoms with Gasteiger partial charge in [-0.1, -0.05) is 6.07 Å². The van der Waals surface area contributed by atoms with E-state index < -0.39 is 17.8 Å². The molecule has 1 aromatic heterocycles. The Morgan fingerprint density at radius 2 is 2.12 bits per heavy atom. The molecule has 16 heavy (non-hydrogen) atoms. The maximum atomic E-state index is 12.1. The summed E-state index contributed by atoms with van der Waals surface area (Å²) in [5, 5.41) is 8.15. The van der Waals surface area contributed by atoms with Gasteiger partial charge in [0, 0.05) is 12.3 Å². The average molecular weight is 232 g/mol. The lowest BCUT2D eigenvalue weighted by molar-refractivity contribution is -0.141. The minimum absolute atomic E-state index is 0.316. The minimum atomic E-state index is -4.48. The molecule has 0 unspecified atom stereocenters.